The van der Waals surface area contributed by atoms with Crippen LogP contribution >= 0.6 is 51.3 Å². The van der Waals surface area contributed by atoms with Crippen molar-refractivity contribution in [3.63, 3.8) is 0 Å². The van der Waals surface area contributed by atoms with Crippen molar-refractivity contribution in [1.29, 1.82) is 0 Å². The first-order valence-corrected chi connectivity index (χ1v) is 8.20. The number of nitrogens with one attached hydrogen (secondary N) is 1. The Morgan fingerprint density at radius 3 is 2.57 bits per heavy atom. The van der Waals surface area contributed by atoms with Gasteiger partial charge < -0.3 is 11.1 Å². The lowest BCUT2D eigenvalue weighted by molar-refractivity contribution is 1.02. The van der Waals surface area contributed by atoms with Gasteiger partial charge in [-0.15, -0.1) is 0 Å². The van der Waals surface area contributed by atoms with Crippen LogP contribution in [0.2, 0.25) is 10.0 Å². The van der Waals surface area contributed by atoms with Crippen LogP contribution in [0.1, 0.15) is 11.1 Å². The maximum absolute atomic E-state index is 6.15. The number of halogens is 3. The molecule has 0 atom stereocenters. The van der Waals surface area contributed by atoms with Crippen LogP contribution in [0.25, 0.3) is 0 Å². The maximum Gasteiger partial charge on any atom is 0.104 e. The van der Waals surface area contributed by atoms with E-state index in [0.717, 1.165) is 34.3 Å². The quantitative estimate of drug-likeness (QED) is 0.686. The molecule has 0 aliphatic carbocycles. The molecule has 0 saturated heterocycles. The summed E-state index contributed by atoms with van der Waals surface area (Å²) in [5.41, 5.74) is 8.48. The second-order valence-electron chi connectivity index (χ2n) is 4.47. The fourth-order valence-corrected chi connectivity index (χ4v) is 3.02. The molecule has 0 aromatic heterocycles. The largest absolute Gasteiger partial charge is 0.389 e. The molecular weight excluding hydrogens is 391 g/mol. The predicted octanol–water partition coefficient (Wildman–Crippen LogP) is 5.04. The van der Waals surface area contributed by atoms with Gasteiger partial charge in [-0.25, -0.2) is 0 Å². The average Bonchev–Trinajstić information content (AvgIpc) is 2.42. The van der Waals surface area contributed by atoms with Crippen LogP contribution in [0, 0.1) is 0 Å². The Morgan fingerprint density at radius 1 is 1.19 bits per heavy atom. The molecular formula is C15H13BrCl2N2S. The molecule has 0 heterocycles. The SMILES string of the molecule is NC(=S)c1ccc(NCCc2ccc(Cl)cc2Cl)c(Br)c1. The molecule has 2 nitrogen and oxygen atoms in total. The third-order valence-corrected chi connectivity index (χ3v) is 4.46. The summed E-state index contributed by atoms with van der Waals surface area (Å²) < 4.78 is 0.926. The van der Waals surface area contributed by atoms with Crippen molar-refractivity contribution in [3.8, 4) is 0 Å². The van der Waals surface area contributed by atoms with Gasteiger partial charge in [0.15, 0.2) is 0 Å². The van der Waals surface area contributed by atoms with E-state index in [-0.39, 0.29) is 0 Å². The summed E-state index contributed by atoms with van der Waals surface area (Å²) in [5, 5.41) is 4.68. The van der Waals surface area contributed by atoms with Gasteiger partial charge in [0.25, 0.3) is 0 Å². The van der Waals surface area contributed by atoms with Crippen molar-refractivity contribution in [3.05, 3.63) is 62.0 Å². The van der Waals surface area contributed by atoms with Crippen LogP contribution < -0.4 is 11.1 Å². The van der Waals surface area contributed by atoms with Gasteiger partial charge in [0.05, 0.1) is 0 Å². The summed E-state index contributed by atoms with van der Waals surface area (Å²) in [5.74, 6) is 0. The molecule has 2 aromatic rings. The predicted molar refractivity (Wildman–Crippen MR) is 98.7 cm³/mol. The molecule has 2 rings (SSSR count). The minimum atomic E-state index is 0.384. The van der Waals surface area contributed by atoms with E-state index in [1.807, 2.05) is 30.3 Å². The Bertz CT molecular complexity index is 677. The molecule has 0 aliphatic rings. The average molecular weight is 404 g/mol. The molecule has 0 unspecified atom stereocenters. The third-order valence-electron chi connectivity index (χ3n) is 2.98. The van der Waals surface area contributed by atoms with Gasteiger partial charge in [-0.1, -0.05) is 41.5 Å². The highest BCUT2D eigenvalue weighted by Gasteiger charge is 2.04. The maximum atomic E-state index is 6.15. The van der Waals surface area contributed by atoms with Gasteiger partial charge in [0.2, 0.25) is 0 Å². The molecule has 0 amide bonds. The number of nitrogens with two attached hydrogens (primary N) is 1. The normalized spacial score (nSPS) is 10.4. The first kappa shape index (κ1) is 16.6. The summed E-state index contributed by atoms with van der Waals surface area (Å²) >= 11 is 20.5. The molecule has 0 saturated carbocycles. The monoisotopic (exact) mass is 402 g/mol. The van der Waals surface area contributed by atoms with Gasteiger partial charge in [0, 0.05) is 32.3 Å². The van der Waals surface area contributed by atoms with Gasteiger partial charge in [-0.2, -0.15) is 0 Å². The highest BCUT2D eigenvalue weighted by atomic mass is 79.9. The standard InChI is InChI=1S/C15H13BrCl2N2S/c16-12-7-10(15(19)21)2-4-14(12)20-6-5-9-1-3-11(17)8-13(9)18/h1-4,7-8,20H,5-6H2,(H2,19,21). The van der Waals surface area contributed by atoms with Gasteiger partial charge in [-0.05, 0) is 58.2 Å². The van der Waals surface area contributed by atoms with E-state index in [1.165, 1.54) is 0 Å². The van der Waals surface area contributed by atoms with Crippen molar-refractivity contribution in [2.24, 2.45) is 5.73 Å². The molecule has 0 fully saturated rings. The van der Waals surface area contributed by atoms with Crippen molar-refractivity contribution in [1.82, 2.24) is 0 Å². The summed E-state index contributed by atoms with van der Waals surface area (Å²) in [6.07, 6.45) is 0.805. The summed E-state index contributed by atoms with van der Waals surface area (Å²) in [6.45, 7) is 0.756. The Balaban J connectivity index is 1.99. The van der Waals surface area contributed by atoms with E-state index in [1.54, 1.807) is 6.07 Å². The number of hydrogen-bond donors (Lipinski definition) is 2. The minimum Gasteiger partial charge on any atom is -0.389 e. The van der Waals surface area contributed by atoms with Crippen molar-refractivity contribution >= 4 is 62.0 Å². The zero-order chi connectivity index (χ0) is 15.4. The number of rotatable bonds is 5. The first-order chi connectivity index (χ1) is 9.97. The van der Waals surface area contributed by atoms with E-state index in [9.17, 15) is 0 Å². The number of anilines is 1. The second-order valence-corrected chi connectivity index (χ2v) is 6.61. The number of benzene rings is 2. The molecule has 3 N–H and O–H groups in total. The lowest BCUT2D eigenvalue weighted by Gasteiger charge is -2.11. The fraction of sp³-hybridized carbons (Fsp3) is 0.133. The third kappa shape index (κ3) is 4.58. The van der Waals surface area contributed by atoms with Crippen LogP contribution in [0.5, 0.6) is 0 Å². The molecule has 21 heavy (non-hydrogen) atoms. The Morgan fingerprint density at radius 2 is 1.95 bits per heavy atom. The van der Waals surface area contributed by atoms with Crippen molar-refractivity contribution < 1.29 is 0 Å². The molecule has 110 valence electrons. The highest BCUT2D eigenvalue weighted by molar-refractivity contribution is 9.10. The molecule has 2 aromatic carbocycles. The lowest BCUT2D eigenvalue weighted by Crippen LogP contribution is -2.10. The van der Waals surface area contributed by atoms with Gasteiger partial charge in [-0.3, -0.25) is 0 Å². The molecule has 6 heteroatoms. The molecule has 0 aliphatic heterocycles. The van der Waals surface area contributed by atoms with Crippen LogP contribution in [0.15, 0.2) is 40.9 Å². The van der Waals surface area contributed by atoms with Crippen molar-refractivity contribution in [2.45, 2.75) is 6.42 Å². The Labute approximate surface area is 147 Å². The molecule has 0 bridgehead atoms. The van der Waals surface area contributed by atoms with Crippen LogP contribution in [0.3, 0.4) is 0 Å². The van der Waals surface area contributed by atoms with Crippen LogP contribution in [-0.2, 0) is 6.42 Å². The zero-order valence-electron chi connectivity index (χ0n) is 11.0. The van der Waals surface area contributed by atoms with E-state index in [4.69, 9.17) is 41.2 Å². The zero-order valence-corrected chi connectivity index (χ0v) is 14.9. The fourth-order valence-electron chi connectivity index (χ4n) is 1.87. The lowest BCUT2D eigenvalue weighted by atomic mass is 10.1. The summed E-state index contributed by atoms with van der Waals surface area (Å²) in [6, 6.07) is 11.3. The molecule has 0 spiro atoms. The number of hydrogen-bond acceptors (Lipinski definition) is 2. The van der Waals surface area contributed by atoms with Gasteiger partial charge in [0.1, 0.15) is 4.99 Å². The summed E-state index contributed by atoms with van der Waals surface area (Å²) in [4.78, 5) is 0.384. The minimum absolute atomic E-state index is 0.384. The Hall–Kier alpha value is -0.810. The second kappa shape index (κ2) is 7.45. The van der Waals surface area contributed by atoms with E-state index < -0.39 is 0 Å². The van der Waals surface area contributed by atoms with Crippen LogP contribution in [-0.4, -0.2) is 11.5 Å². The van der Waals surface area contributed by atoms with E-state index in [0.29, 0.717) is 15.0 Å². The van der Waals surface area contributed by atoms with Crippen molar-refractivity contribution in [2.75, 3.05) is 11.9 Å². The highest BCUT2D eigenvalue weighted by Crippen LogP contribution is 2.25. The van der Waals surface area contributed by atoms with E-state index in [2.05, 4.69) is 21.2 Å². The first-order valence-electron chi connectivity index (χ1n) is 6.24. The van der Waals surface area contributed by atoms with Gasteiger partial charge >= 0.3 is 0 Å². The summed E-state index contributed by atoms with van der Waals surface area (Å²) in [7, 11) is 0. The smallest absolute Gasteiger partial charge is 0.104 e. The van der Waals surface area contributed by atoms with Crippen LogP contribution in [0.4, 0.5) is 5.69 Å². The van der Waals surface area contributed by atoms with E-state index >= 15 is 0 Å². The topological polar surface area (TPSA) is 38.0 Å². The Kier molecular flexibility index (Phi) is 5.88. The number of thiocarbonyl (C=S) groups is 1. The molecule has 0 radical (unpaired) electrons.